The average Bonchev–Trinajstić information content (AvgIpc) is 3.40. The summed E-state index contributed by atoms with van der Waals surface area (Å²) in [7, 11) is 0. The molecule has 1 aliphatic heterocycles. The molecule has 4 aromatic rings. The Morgan fingerprint density at radius 3 is 2.52 bits per heavy atom. The second-order valence-electron chi connectivity index (χ2n) is 9.43. The highest BCUT2D eigenvalue weighted by atomic mass is 19.2. The third-order valence-electron chi connectivity index (χ3n) is 6.24. The highest BCUT2D eigenvalue weighted by Gasteiger charge is 2.40. The van der Waals surface area contributed by atoms with Gasteiger partial charge in [0.05, 0.1) is 35.7 Å². The van der Waals surface area contributed by atoms with Gasteiger partial charge in [0.15, 0.2) is 17.5 Å². The number of H-pyrrole nitrogens is 1. The Morgan fingerprint density at radius 1 is 1.07 bits per heavy atom. The van der Waals surface area contributed by atoms with Crippen LogP contribution < -0.4 is 16.4 Å². The molecular weight excluding hydrogens is 527 g/mol. The maximum Gasteiger partial charge on any atom is 0.230 e. The minimum Gasteiger partial charge on any atom is -0.354 e. The van der Waals surface area contributed by atoms with Crippen molar-refractivity contribution in [3.63, 3.8) is 0 Å². The fourth-order valence-electron chi connectivity index (χ4n) is 4.06. The number of carbonyl (C=O) groups excluding carboxylic acids is 1. The number of aromatic nitrogens is 4. The van der Waals surface area contributed by atoms with Gasteiger partial charge < -0.3 is 30.8 Å². The van der Waals surface area contributed by atoms with Crippen molar-refractivity contribution in [1.29, 1.82) is 0 Å². The lowest BCUT2D eigenvalue weighted by Gasteiger charge is -2.35. The van der Waals surface area contributed by atoms with E-state index >= 15 is 0 Å². The van der Waals surface area contributed by atoms with Crippen molar-refractivity contribution in [1.82, 2.24) is 25.3 Å². The van der Waals surface area contributed by atoms with Crippen LogP contribution in [0.1, 0.15) is 19.0 Å². The molecule has 1 saturated heterocycles. The molecule has 0 bridgehead atoms. The average molecular weight is 554 g/mol. The summed E-state index contributed by atoms with van der Waals surface area (Å²) in [6.07, 6.45) is 0.573. The van der Waals surface area contributed by atoms with Crippen molar-refractivity contribution in [3.05, 3.63) is 78.0 Å². The van der Waals surface area contributed by atoms with Crippen LogP contribution in [-0.4, -0.2) is 52.1 Å². The summed E-state index contributed by atoms with van der Waals surface area (Å²) in [6.45, 7) is 2.54. The highest BCUT2D eigenvalue weighted by molar-refractivity contribution is 5.82. The van der Waals surface area contributed by atoms with E-state index in [0.717, 1.165) is 12.1 Å². The topological polar surface area (TPSA) is 140 Å². The van der Waals surface area contributed by atoms with Crippen molar-refractivity contribution in [2.45, 2.75) is 13.2 Å². The van der Waals surface area contributed by atoms with Crippen LogP contribution in [0.5, 0.6) is 0 Å². The monoisotopic (exact) mass is 553 g/mol. The minimum atomic E-state index is -1.02. The van der Waals surface area contributed by atoms with Gasteiger partial charge in [-0.15, -0.1) is 0 Å². The zero-order chi connectivity index (χ0) is 28.3. The van der Waals surface area contributed by atoms with Gasteiger partial charge in [-0.25, -0.2) is 28.1 Å². The largest absolute Gasteiger partial charge is 0.354 e. The number of nitrogens with one attached hydrogen (secondary N) is 3. The van der Waals surface area contributed by atoms with Crippen LogP contribution in [0, 0.1) is 22.9 Å². The van der Waals surface area contributed by atoms with E-state index in [2.05, 4.69) is 30.6 Å². The summed E-state index contributed by atoms with van der Waals surface area (Å²) in [5, 5.41) is 5.59. The Bertz CT molecular complexity index is 1510. The van der Waals surface area contributed by atoms with Crippen LogP contribution in [0.15, 0.2) is 54.7 Å². The second kappa shape index (κ2) is 11.4. The molecule has 0 spiro atoms. The smallest absolute Gasteiger partial charge is 0.230 e. The lowest BCUT2D eigenvalue weighted by Crippen LogP contribution is -2.49. The van der Waals surface area contributed by atoms with Crippen molar-refractivity contribution in [2.24, 2.45) is 11.1 Å². The normalized spacial score (nSPS) is 18.9. The molecule has 13 heteroatoms. The number of imidazole rings is 1. The molecule has 208 valence electrons. The zero-order valence-corrected chi connectivity index (χ0v) is 21.4. The molecule has 40 heavy (non-hydrogen) atoms. The van der Waals surface area contributed by atoms with Crippen LogP contribution in [-0.2, 0) is 14.3 Å². The fraction of sp³-hybridized carbons (Fsp3) is 0.259. The van der Waals surface area contributed by atoms with E-state index in [1.807, 2.05) is 0 Å². The molecule has 0 atom stereocenters. The molecule has 0 radical (unpaired) electrons. The quantitative estimate of drug-likeness (QED) is 0.258. The number of ether oxygens (including phenoxy) is 2. The molecular formula is C27H26F3N7O3. The predicted molar refractivity (Wildman–Crippen MR) is 139 cm³/mol. The molecule has 1 aliphatic rings. The lowest BCUT2D eigenvalue weighted by molar-refractivity contribution is -0.231. The molecule has 10 nitrogen and oxygen atoms in total. The Balaban J connectivity index is 1.44. The number of hydrogen-bond donors (Lipinski definition) is 4. The van der Waals surface area contributed by atoms with E-state index in [1.54, 1.807) is 25.1 Å². The number of rotatable bonds is 8. The van der Waals surface area contributed by atoms with Crippen molar-refractivity contribution >= 4 is 17.5 Å². The van der Waals surface area contributed by atoms with E-state index in [0.29, 0.717) is 41.6 Å². The van der Waals surface area contributed by atoms with Crippen molar-refractivity contribution in [2.75, 3.05) is 31.6 Å². The first-order valence-electron chi connectivity index (χ1n) is 12.4. The molecule has 1 amide bonds. The summed E-state index contributed by atoms with van der Waals surface area (Å²) in [4.78, 5) is 29.0. The van der Waals surface area contributed by atoms with E-state index in [9.17, 15) is 18.0 Å². The first-order chi connectivity index (χ1) is 19.3. The molecule has 0 saturated carbocycles. The van der Waals surface area contributed by atoms with Gasteiger partial charge in [0, 0.05) is 36.6 Å². The first kappa shape index (κ1) is 27.2. The maximum absolute atomic E-state index is 13.7. The number of carbonyl (C=O) groups is 1. The van der Waals surface area contributed by atoms with Gasteiger partial charge in [-0.05, 0) is 49.4 Å². The van der Waals surface area contributed by atoms with Gasteiger partial charge >= 0.3 is 0 Å². The second-order valence-corrected chi connectivity index (χ2v) is 9.43. The molecule has 5 rings (SSSR count). The van der Waals surface area contributed by atoms with Gasteiger partial charge in [-0.2, -0.15) is 0 Å². The third-order valence-corrected chi connectivity index (χ3v) is 6.24. The van der Waals surface area contributed by atoms with Crippen LogP contribution in [0.25, 0.3) is 22.6 Å². The standard InChI is InChI=1S/C27H26F3N7O3/c1-27(25(38)32-11-9-31)13-39-24(40-14-27)23-36-21(15-2-4-16(28)5-3-15)22(37-23)20-8-10-33-26(35-20)34-17-6-7-18(29)19(30)12-17/h2-8,10,12,24H,9,11,13-14,31H2,1H3,(H,32,38)(H,36,37)(H,33,34,35). The van der Waals surface area contributed by atoms with Gasteiger partial charge in [0.1, 0.15) is 5.82 Å². The first-order valence-corrected chi connectivity index (χ1v) is 12.4. The Kier molecular flexibility index (Phi) is 7.78. The van der Waals surface area contributed by atoms with Crippen LogP contribution in [0.3, 0.4) is 0 Å². The summed E-state index contributed by atoms with van der Waals surface area (Å²) >= 11 is 0. The fourth-order valence-corrected chi connectivity index (χ4v) is 4.06. The number of aromatic amines is 1. The van der Waals surface area contributed by atoms with E-state index in [1.165, 1.54) is 24.4 Å². The zero-order valence-electron chi connectivity index (χ0n) is 21.4. The van der Waals surface area contributed by atoms with Crippen LogP contribution >= 0.6 is 0 Å². The summed E-state index contributed by atoms with van der Waals surface area (Å²) < 4.78 is 52.4. The van der Waals surface area contributed by atoms with Gasteiger partial charge in [0.2, 0.25) is 18.1 Å². The van der Waals surface area contributed by atoms with Crippen molar-refractivity contribution < 1.29 is 27.4 Å². The van der Waals surface area contributed by atoms with Gasteiger partial charge in [0.25, 0.3) is 0 Å². The number of nitrogens with zero attached hydrogens (tertiary/aromatic N) is 3. The van der Waals surface area contributed by atoms with Gasteiger partial charge in [-0.1, -0.05) is 0 Å². The number of amides is 1. The van der Waals surface area contributed by atoms with E-state index < -0.39 is 29.2 Å². The molecule has 1 fully saturated rings. The van der Waals surface area contributed by atoms with E-state index in [4.69, 9.17) is 15.2 Å². The number of benzene rings is 2. The van der Waals surface area contributed by atoms with Crippen molar-refractivity contribution in [3.8, 4) is 22.6 Å². The molecule has 5 N–H and O–H groups in total. The number of anilines is 2. The Hall–Kier alpha value is -4.33. The number of halogens is 3. The summed E-state index contributed by atoms with van der Waals surface area (Å²) in [6, 6.07) is 10.7. The maximum atomic E-state index is 13.7. The number of hydrogen-bond acceptors (Lipinski definition) is 8. The molecule has 2 aromatic carbocycles. The predicted octanol–water partition coefficient (Wildman–Crippen LogP) is 3.82. The minimum absolute atomic E-state index is 0.0752. The Labute approximate surface area is 227 Å². The summed E-state index contributed by atoms with van der Waals surface area (Å²) in [5.74, 6) is -2.20. The summed E-state index contributed by atoms with van der Waals surface area (Å²) in [5.41, 5.74) is 6.71. The van der Waals surface area contributed by atoms with Crippen LogP contribution in [0.2, 0.25) is 0 Å². The molecule has 3 heterocycles. The molecule has 2 aromatic heterocycles. The third kappa shape index (κ3) is 5.81. The lowest BCUT2D eigenvalue weighted by atomic mass is 9.91. The highest BCUT2D eigenvalue weighted by Crippen LogP contribution is 2.35. The van der Waals surface area contributed by atoms with E-state index in [-0.39, 0.29) is 30.8 Å². The number of nitrogens with two attached hydrogens (primary N) is 1. The molecule has 0 aliphatic carbocycles. The van der Waals surface area contributed by atoms with Gasteiger partial charge in [-0.3, -0.25) is 4.79 Å². The molecule has 0 unspecified atom stereocenters. The SMILES string of the molecule is CC1(C(=O)NCCN)COC(c2nc(-c3ccc(F)cc3)c(-c3ccnc(Nc4ccc(F)c(F)c4)n3)[nH]2)OC1. The van der Waals surface area contributed by atoms with Crippen LogP contribution in [0.4, 0.5) is 24.8 Å². The Morgan fingerprint density at radius 2 is 1.82 bits per heavy atom.